The molecule has 1 aliphatic carbocycles. The topological polar surface area (TPSA) is 38.1 Å². The molecular weight excluding hydrogens is 348 g/mol. The van der Waals surface area contributed by atoms with Gasteiger partial charge >= 0.3 is 0 Å². The molecule has 4 rings (SSSR count). The first-order chi connectivity index (χ1) is 12.0. The highest BCUT2D eigenvalue weighted by atomic mass is 35.5. The fraction of sp³-hybridized carbons (Fsp3) is 0.333. The van der Waals surface area contributed by atoms with E-state index in [1.54, 1.807) is 0 Å². The van der Waals surface area contributed by atoms with Crippen LogP contribution in [0.1, 0.15) is 12.8 Å². The molecule has 2 atom stereocenters. The quantitative estimate of drug-likeness (QED) is 0.766. The Balaban J connectivity index is 1.69. The fourth-order valence-corrected chi connectivity index (χ4v) is 3.93. The summed E-state index contributed by atoms with van der Waals surface area (Å²) in [6, 6.07) is 2.96. The molecular formula is C18H16ClF2N3O. The van der Waals surface area contributed by atoms with Gasteiger partial charge in [0.25, 0.3) is 5.56 Å². The van der Waals surface area contributed by atoms with Crippen LogP contribution in [0.2, 0.25) is 5.02 Å². The number of halogens is 3. The van der Waals surface area contributed by atoms with Crippen LogP contribution in [0.3, 0.4) is 0 Å². The minimum absolute atomic E-state index is 0.00494. The van der Waals surface area contributed by atoms with Crippen molar-refractivity contribution in [3.63, 3.8) is 0 Å². The first kappa shape index (κ1) is 16.3. The zero-order valence-electron chi connectivity index (χ0n) is 13.3. The number of allylic oxidation sites excluding steroid dienone is 2. The van der Waals surface area contributed by atoms with Gasteiger partial charge in [0.15, 0.2) is 5.82 Å². The molecule has 1 fully saturated rings. The predicted molar refractivity (Wildman–Crippen MR) is 92.3 cm³/mol. The van der Waals surface area contributed by atoms with Gasteiger partial charge in [-0.2, -0.15) is 9.78 Å². The van der Waals surface area contributed by atoms with Crippen LogP contribution < -0.4 is 10.5 Å². The molecule has 1 aromatic carbocycles. The second-order valence-electron chi connectivity index (χ2n) is 6.52. The van der Waals surface area contributed by atoms with Crippen molar-refractivity contribution in [1.29, 1.82) is 0 Å². The fourth-order valence-electron chi connectivity index (χ4n) is 3.68. The van der Waals surface area contributed by atoms with Crippen molar-refractivity contribution in [2.45, 2.75) is 12.8 Å². The summed E-state index contributed by atoms with van der Waals surface area (Å²) in [5, 5.41) is 4.07. The van der Waals surface area contributed by atoms with Crippen molar-refractivity contribution in [3.05, 3.63) is 63.6 Å². The van der Waals surface area contributed by atoms with Crippen LogP contribution in [-0.4, -0.2) is 22.9 Å². The molecule has 0 N–H and O–H groups in total. The van der Waals surface area contributed by atoms with Gasteiger partial charge in [0.2, 0.25) is 0 Å². The van der Waals surface area contributed by atoms with E-state index in [2.05, 4.69) is 22.2 Å². The summed E-state index contributed by atoms with van der Waals surface area (Å²) in [4.78, 5) is 14.6. The third-order valence-corrected chi connectivity index (χ3v) is 5.36. The molecule has 4 nitrogen and oxygen atoms in total. The largest absolute Gasteiger partial charge is 0.368 e. The minimum Gasteiger partial charge on any atom is -0.368 e. The Labute approximate surface area is 148 Å². The Morgan fingerprint density at radius 2 is 1.76 bits per heavy atom. The van der Waals surface area contributed by atoms with Crippen molar-refractivity contribution >= 4 is 17.3 Å². The number of hydrogen-bond acceptors (Lipinski definition) is 3. The van der Waals surface area contributed by atoms with E-state index in [1.807, 2.05) is 0 Å². The minimum atomic E-state index is -0.864. The van der Waals surface area contributed by atoms with Crippen molar-refractivity contribution in [2.24, 2.45) is 11.8 Å². The summed E-state index contributed by atoms with van der Waals surface area (Å²) in [5.74, 6) is -0.474. The molecule has 0 amide bonds. The molecule has 1 saturated heterocycles. The van der Waals surface area contributed by atoms with E-state index in [0.717, 1.165) is 36.7 Å². The summed E-state index contributed by atoms with van der Waals surface area (Å²) in [6.45, 7) is 1.65. The number of benzene rings is 1. The summed E-state index contributed by atoms with van der Waals surface area (Å²) < 4.78 is 27.9. The normalized spacial score (nSPS) is 22.3. The summed E-state index contributed by atoms with van der Waals surface area (Å²) >= 11 is 6.28. The lowest BCUT2D eigenvalue weighted by molar-refractivity contribution is 0.411. The third kappa shape index (κ3) is 2.84. The molecule has 25 heavy (non-hydrogen) atoms. The molecule has 1 aromatic heterocycles. The molecule has 130 valence electrons. The Morgan fingerprint density at radius 3 is 2.40 bits per heavy atom. The Hall–Kier alpha value is -2.21. The van der Waals surface area contributed by atoms with Gasteiger partial charge in [-0.05, 0) is 36.8 Å². The number of fused-ring (bicyclic) bond motifs is 1. The van der Waals surface area contributed by atoms with E-state index in [-0.39, 0.29) is 10.7 Å². The van der Waals surface area contributed by atoms with Crippen LogP contribution in [0.15, 0.2) is 41.3 Å². The number of nitrogens with zero attached hydrogens (tertiary/aromatic N) is 3. The van der Waals surface area contributed by atoms with E-state index >= 15 is 0 Å². The van der Waals surface area contributed by atoms with Gasteiger partial charge in [-0.15, -0.1) is 0 Å². The first-order valence-electron chi connectivity index (χ1n) is 8.18. The molecule has 2 heterocycles. The number of rotatable bonds is 2. The van der Waals surface area contributed by atoms with E-state index in [0.29, 0.717) is 23.6 Å². The number of anilines is 1. The highest BCUT2D eigenvalue weighted by Gasteiger charge is 2.34. The predicted octanol–water partition coefficient (Wildman–Crippen LogP) is 3.57. The second-order valence-corrected chi connectivity index (χ2v) is 6.90. The maximum Gasteiger partial charge on any atom is 0.292 e. The summed E-state index contributed by atoms with van der Waals surface area (Å²) in [5.41, 5.74) is -0.170. The van der Waals surface area contributed by atoms with Crippen molar-refractivity contribution in [1.82, 2.24) is 9.78 Å². The molecule has 2 aromatic rings. The lowest BCUT2D eigenvalue weighted by atomic mass is 9.86. The van der Waals surface area contributed by atoms with Crippen LogP contribution in [0.4, 0.5) is 14.5 Å². The third-order valence-electron chi connectivity index (χ3n) is 5.00. The summed E-state index contributed by atoms with van der Waals surface area (Å²) in [7, 11) is 0. The second kappa shape index (κ2) is 6.26. The maximum atomic E-state index is 14.0. The monoisotopic (exact) mass is 363 g/mol. The van der Waals surface area contributed by atoms with Gasteiger partial charge < -0.3 is 4.90 Å². The van der Waals surface area contributed by atoms with Crippen molar-refractivity contribution < 1.29 is 8.78 Å². The molecule has 7 heteroatoms. The van der Waals surface area contributed by atoms with Gasteiger partial charge in [-0.3, -0.25) is 4.79 Å². The van der Waals surface area contributed by atoms with Gasteiger partial charge in [0.1, 0.15) is 16.5 Å². The lowest BCUT2D eigenvalue weighted by Gasteiger charge is -2.20. The average molecular weight is 364 g/mol. The molecule has 0 spiro atoms. The highest BCUT2D eigenvalue weighted by molar-refractivity contribution is 6.33. The standard InChI is InChI=1S/C18H16ClF2N3O/c19-17-16(23-9-11-3-1-2-4-12(11)10-23)8-22-24(18(17)25)15-6-5-13(20)7-14(15)21/h1-2,5-8,11-12H,3-4,9-10H2. The molecule has 2 unspecified atom stereocenters. The average Bonchev–Trinajstić information content (AvgIpc) is 3.02. The van der Waals surface area contributed by atoms with E-state index in [1.165, 1.54) is 12.3 Å². The smallest absolute Gasteiger partial charge is 0.292 e. The van der Waals surface area contributed by atoms with E-state index in [9.17, 15) is 13.6 Å². The van der Waals surface area contributed by atoms with Gasteiger partial charge in [-0.25, -0.2) is 8.78 Å². The van der Waals surface area contributed by atoms with Crippen LogP contribution in [-0.2, 0) is 0 Å². The Bertz CT molecular complexity index is 896. The van der Waals surface area contributed by atoms with Crippen LogP contribution >= 0.6 is 11.6 Å². The van der Waals surface area contributed by atoms with Gasteiger partial charge in [0.05, 0.1) is 11.9 Å². The van der Waals surface area contributed by atoms with Crippen molar-refractivity contribution in [2.75, 3.05) is 18.0 Å². The highest BCUT2D eigenvalue weighted by Crippen LogP contribution is 2.36. The SMILES string of the molecule is O=c1c(Cl)c(N2CC3CC=CCC3C2)cnn1-c1ccc(F)cc1F. The molecule has 0 bridgehead atoms. The van der Waals surface area contributed by atoms with E-state index < -0.39 is 17.2 Å². The van der Waals surface area contributed by atoms with E-state index in [4.69, 9.17) is 11.6 Å². The zero-order valence-corrected chi connectivity index (χ0v) is 14.1. The molecule has 0 saturated carbocycles. The molecule has 1 aliphatic heterocycles. The van der Waals surface area contributed by atoms with Gasteiger partial charge in [0, 0.05) is 19.2 Å². The molecule has 0 radical (unpaired) electrons. The maximum absolute atomic E-state index is 14.0. The lowest BCUT2D eigenvalue weighted by Crippen LogP contribution is -2.28. The summed E-state index contributed by atoms with van der Waals surface area (Å²) in [6.07, 6.45) is 7.94. The van der Waals surface area contributed by atoms with Crippen LogP contribution in [0.25, 0.3) is 5.69 Å². The molecule has 2 aliphatic rings. The van der Waals surface area contributed by atoms with Gasteiger partial charge in [-0.1, -0.05) is 23.8 Å². The zero-order chi connectivity index (χ0) is 17.6. The van der Waals surface area contributed by atoms with Crippen molar-refractivity contribution in [3.8, 4) is 5.69 Å². The first-order valence-corrected chi connectivity index (χ1v) is 8.55. The Kier molecular flexibility index (Phi) is 4.07. The number of hydrogen-bond donors (Lipinski definition) is 0. The van der Waals surface area contributed by atoms with Crippen LogP contribution in [0, 0.1) is 23.5 Å². The van der Waals surface area contributed by atoms with Crippen LogP contribution in [0.5, 0.6) is 0 Å². The number of aromatic nitrogens is 2. The Morgan fingerprint density at radius 1 is 1.08 bits per heavy atom.